The van der Waals surface area contributed by atoms with E-state index in [9.17, 15) is 0 Å². The van der Waals surface area contributed by atoms with Gasteiger partial charge in [0.1, 0.15) is 5.69 Å². The fourth-order valence-electron chi connectivity index (χ4n) is 1.39. The van der Waals surface area contributed by atoms with Crippen molar-refractivity contribution in [3.8, 4) is 11.3 Å². The van der Waals surface area contributed by atoms with Crippen LogP contribution in [0.5, 0.6) is 0 Å². The fraction of sp³-hybridized carbons (Fsp3) is 0.333. The average molecular weight is 191 g/mol. The minimum atomic E-state index is 0.683. The number of rotatable bonds is 2. The molecule has 0 aliphatic carbocycles. The van der Waals surface area contributed by atoms with Gasteiger partial charge in [-0.2, -0.15) is 10.2 Å². The van der Waals surface area contributed by atoms with Crippen molar-refractivity contribution in [2.45, 2.75) is 13.5 Å². The molecular formula is C9H13N5. The van der Waals surface area contributed by atoms with Crippen molar-refractivity contribution < 1.29 is 0 Å². The molecule has 0 bridgehead atoms. The van der Waals surface area contributed by atoms with E-state index in [4.69, 9.17) is 5.73 Å². The zero-order valence-electron chi connectivity index (χ0n) is 8.31. The van der Waals surface area contributed by atoms with Crippen molar-refractivity contribution in [2.75, 3.05) is 5.73 Å². The summed E-state index contributed by atoms with van der Waals surface area (Å²) in [5.74, 6) is 0. The normalized spacial score (nSPS) is 10.7. The molecular weight excluding hydrogens is 178 g/mol. The zero-order chi connectivity index (χ0) is 10.1. The van der Waals surface area contributed by atoms with Crippen molar-refractivity contribution in [1.82, 2.24) is 19.6 Å². The molecule has 2 heterocycles. The lowest BCUT2D eigenvalue weighted by Crippen LogP contribution is -1.92. The zero-order valence-corrected chi connectivity index (χ0v) is 8.31. The first-order valence-corrected chi connectivity index (χ1v) is 4.52. The molecule has 5 nitrogen and oxygen atoms in total. The molecule has 0 fully saturated rings. The Hall–Kier alpha value is -1.78. The van der Waals surface area contributed by atoms with E-state index in [0.29, 0.717) is 5.69 Å². The number of aryl methyl sites for hydroxylation is 2. The Morgan fingerprint density at radius 1 is 1.43 bits per heavy atom. The molecule has 0 aliphatic heterocycles. The van der Waals surface area contributed by atoms with Crippen LogP contribution in [0.4, 0.5) is 5.69 Å². The second-order valence-electron chi connectivity index (χ2n) is 3.19. The minimum absolute atomic E-state index is 0.683. The van der Waals surface area contributed by atoms with Crippen LogP contribution in [-0.2, 0) is 13.6 Å². The lowest BCUT2D eigenvalue weighted by molar-refractivity contribution is 0.660. The van der Waals surface area contributed by atoms with Gasteiger partial charge < -0.3 is 5.73 Å². The van der Waals surface area contributed by atoms with Crippen LogP contribution in [0.2, 0.25) is 0 Å². The van der Waals surface area contributed by atoms with Crippen LogP contribution in [0.25, 0.3) is 11.3 Å². The first kappa shape index (κ1) is 8.80. The summed E-state index contributed by atoms with van der Waals surface area (Å²) in [5, 5.41) is 8.44. The Balaban J connectivity index is 2.43. The Morgan fingerprint density at radius 3 is 2.71 bits per heavy atom. The second kappa shape index (κ2) is 3.17. The molecule has 14 heavy (non-hydrogen) atoms. The highest BCUT2D eigenvalue weighted by atomic mass is 15.3. The molecule has 0 amide bonds. The molecule has 0 saturated carbocycles. The number of nitrogens with zero attached hydrogens (tertiary/aromatic N) is 4. The van der Waals surface area contributed by atoms with E-state index in [2.05, 4.69) is 10.2 Å². The molecule has 0 aromatic carbocycles. The van der Waals surface area contributed by atoms with Crippen LogP contribution in [0, 0.1) is 0 Å². The van der Waals surface area contributed by atoms with Gasteiger partial charge in [-0.1, -0.05) is 0 Å². The van der Waals surface area contributed by atoms with Crippen molar-refractivity contribution in [2.24, 2.45) is 7.05 Å². The highest BCUT2D eigenvalue weighted by Crippen LogP contribution is 2.22. The average Bonchev–Trinajstić information content (AvgIpc) is 2.71. The van der Waals surface area contributed by atoms with Crippen LogP contribution in [0.3, 0.4) is 0 Å². The molecule has 0 spiro atoms. The molecule has 2 aromatic heterocycles. The third-order valence-corrected chi connectivity index (χ3v) is 2.09. The predicted molar refractivity (Wildman–Crippen MR) is 54.5 cm³/mol. The number of nitrogens with two attached hydrogens (primary N) is 1. The Labute approximate surface area is 82.1 Å². The fourth-order valence-corrected chi connectivity index (χ4v) is 1.39. The molecule has 2 N–H and O–H groups in total. The van der Waals surface area contributed by atoms with Gasteiger partial charge in [0.2, 0.25) is 0 Å². The van der Waals surface area contributed by atoms with Crippen molar-refractivity contribution in [3.05, 3.63) is 18.6 Å². The van der Waals surface area contributed by atoms with Gasteiger partial charge in [0.05, 0.1) is 11.9 Å². The number of nitrogen functional groups attached to an aromatic ring is 1. The molecule has 2 aromatic rings. The lowest BCUT2D eigenvalue weighted by atomic mass is 10.2. The monoisotopic (exact) mass is 191 g/mol. The highest BCUT2D eigenvalue weighted by molar-refractivity contribution is 5.70. The third-order valence-electron chi connectivity index (χ3n) is 2.09. The van der Waals surface area contributed by atoms with Gasteiger partial charge in [-0.15, -0.1) is 0 Å². The number of anilines is 1. The molecule has 0 saturated heterocycles. The topological polar surface area (TPSA) is 61.7 Å². The maximum atomic E-state index is 5.80. The highest BCUT2D eigenvalue weighted by Gasteiger charge is 2.08. The van der Waals surface area contributed by atoms with E-state index in [0.717, 1.165) is 17.8 Å². The molecule has 5 heteroatoms. The van der Waals surface area contributed by atoms with Gasteiger partial charge in [0.15, 0.2) is 0 Å². The predicted octanol–water partition coefficient (Wildman–Crippen LogP) is 0.886. The Morgan fingerprint density at radius 2 is 2.21 bits per heavy atom. The molecule has 74 valence electrons. The van der Waals surface area contributed by atoms with Crippen LogP contribution >= 0.6 is 0 Å². The lowest BCUT2D eigenvalue weighted by Gasteiger charge is -1.92. The van der Waals surface area contributed by atoms with E-state index < -0.39 is 0 Å². The maximum absolute atomic E-state index is 5.80. The SMILES string of the molecule is CCn1cc(-c2nn(C)cc2N)cn1. The summed E-state index contributed by atoms with van der Waals surface area (Å²) in [5.41, 5.74) is 8.25. The Kier molecular flexibility index (Phi) is 1.99. The summed E-state index contributed by atoms with van der Waals surface area (Å²) in [7, 11) is 1.85. The number of aromatic nitrogens is 4. The van der Waals surface area contributed by atoms with E-state index in [1.807, 2.05) is 24.9 Å². The Bertz CT molecular complexity index is 440. The van der Waals surface area contributed by atoms with Crippen molar-refractivity contribution in [3.63, 3.8) is 0 Å². The second-order valence-corrected chi connectivity index (χ2v) is 3.19. The first-order chi connectivity index (χ1) is 6.70. The van der Waals surface area contributed by atoms with Gasteiger partial charge in [0, 0.05) is 31.5 Å². The van der Waals surface area contributed by atoms with Gasteiger partial charge in [-0.3, -0.25) is 9.36 Å². The summed E-state index contributed by atoms with van der Waals surface area (Å²) in [6.07, 6.45) is 5.51. The van der Waals surface area contributed by atoms with E-state index in [-0.39, 0.29) is 0 Å². The summed E-state index contributed by atoms with van der Waals surface area (Å²) in [4.78, 5) is 0. The standard InChI is InChI=1S/C9H13N5/c1-3-14-5-7(4-11-14)9-8(10)6-13(2)12-9/h4-6H,3,10H2,1-2H3. The quantitative estimate of drug-likeness (QED) is 0.766. The summed E-state index contributed by atoms with van der Waals surface area (Å²) < 4.78 is 3.55. The number of hydrogen-bond donors (Lipinski definition) is 1. The molecule has 0 unspecified atom stereocenters. The minimum Gasteiger partial charge on any atom is -0.396 e. The smallest absolute Gasteiger partial charge is 0.118 e. The van der Waals surface area contributed by atoms with E-state index in [1.165, 1.54) is 0 Å². The van der Waals surface area contributed by atoms with Crippen LogP contribution in [-0.4, -0.2) is 19.6 Å². The summed E-state index contributed by atoms with van der Waals surface area (Å²) >= 11 is 0. The molecule has 0 atom stereocenters. The van der Waals surface area contributed by atoms with E-state index >= 15 is 0 Å². The van der Waals surface area contributed by atoms with Gasteiger partial charge in [-0.05, 0) is 6.92 Å². The molecule has 2 rings (SSSR count). The van der Waals surface area contributed by atoms with Crippen LogP contribution in [0.1, 0.15) is 6.92 Å². The van der Waals surface area contributed by atoms with Gasteiger partial charge >= 0.3 is 0 Å². The first-order valence-electron chi connectivity index (χ1n) is 4.52. The molecule has 0 aliphatic rings. The number of hydrogen-bond acceptors (Lipinski definition) is 3. The van der Waals surface area contributed by atoms with Gasteiger partial charge in [0.25, 0.3) is 0 Å². The van der Waals surface area contributed by atoms with E-state index in [1.54, 1.807) is 17.1 Å². The summed E-state index contributed by atoms with van der Waals surface area (Å²) in [6.45, 7) is 2.89. The summed E-state index contributed by atoms with van der Waals surface area (Å²) in [6, 6.07) is 0. The van der Waals surface area contributed by atoms with Crippen molar-refractivity contribution in [1.29, 1.82) is 0 Å². The van der Waals surface area contributed by atoms with Gasteiger partial charge in [-0.25, -0.2) is 0 Å². The van der Waals surface area contributed by atoms with Crippen LogP contribution in [0.15, 0.2) is 18.6 Å². The van der Waals surface area contributed by atoms with Crippen LogP contribution < -0.4 is 5.73 Å². The van der Waals surface area contributed by atoms with Crippen molar-refractivity contribution >= 4 is 5.69 Å². The largest absolute Gasteiger partial charge is 0.396 e. The molecule has 0 radical (unpaired) electrons. The third kappa shape index (κ3) is 1.37. The maximum Gasteiger partial charge on any atom is 0.118 e.